The van der Waals surface area contributed by atoms with E-state index in [1.54, 1.807) is 19.4 Å². The average molecular weight is 238 g/mol. The normalized spacial score (nSPS) is 10.0. The van der Waals surface area contributed by atoms with Gasteiger partial charge < -0.3 is 14.8 Å². The molecule has 0 unspecified atom stereocenters. The van der Waals surface area contributed by atoms with Crippen LogP contribution in [0.3, 0.4) is 0 Å². The summed E-state index contributed by atoms with van der Waals surface area (Å²) in [5.74, 6) is -0.423. The lowest BCUT2D eigenvalue weighted by Gasteiger charge is -2.06. The molecule has 0 saturated heterocycles. The first kappa shape index (κ1) is 13.4. The molecule has 0 atom stereocenters. The zero-order chi connectivity index (χ0) is 12.5. The summed E-state index contributed by atoms with van der Waals surface area (Å²) < 4.78 is 9.56. The van der Waals surface area contributed by atoms with Crippen LogP contribution in [0.4, 0.5) is 5.69 Å². The number of hydrogen-bond acceptors (Lipinski definition) is 5. The summed E-state index contributed by atoms with van der Waals surface area (Å²) in [5.41, 5.74) is 1.19. The van der Waals surface area contributed by atoms with E-state index < -0.39 is 5.97 Å². The molecule has 0 bridgehead atoms. The molecular weight excluding hydrogens is 220 g/mol. The molecule has 0 spiro atoms. The van der Waals surface area contributed by atoms with Crippen molar-refractivity contribution >= 4 is 11.7 Å². The predicted molar refractivity (Wildman–Crippen MR) is 65.2 cm³/mol. The number of carbonyl (C=O) groups excluding carboxylic acids is 1. The van der Waals surface area contributed by atoms with Crippen LogP contribution >= 0.6 is 0 Å². The lowest BCUT2D eigenvalue weighted by molar-refractivity contribution is 0.0594. The minimum Gasteiger partial charge on any atom is -0.464 e. The molecule has 5 nitrogen and oxygen atoms in total. The summed E-state index contributed by atoms with van der Waals surface area (Å²) >= 11 is 0. The minimum atomic E-state index is -0.423. The molecule has 94 valence electrons. The van der Waals surface area contributed by atoms with Crippen LogP contribution in [-0.4, -0.2) is 38.3 Å². The molecule has 0 fully saturated rings. The van der Waals surface area contributed by atoms with Crippen molar-refractivity contribution in [2.75, 3.05) is 32.7 Å². The van der Waals surface area contributed by atoms with Crippen molar-refractivity contribution in [1.29, 1.82) is 0 Å². The SMILES string of the molecule is COCCCCNc1ccnc(C(=O)OC)c1. The second kappa shape index (κ2) is 7.62. The van der Waals surface area contributed by atoms with Gasteiger partial charge in [0.15, 0.2) is 0 Å². The van der Waals surface area contributed by atoms with Crippen LogP contribution in [0.5, 0.6) is 0 Å². The lowest BCUT2D eigenvalue weighted by atomic mass is 10.3. The smallest absolute Gasteiger partial charge is 0.356 e. The van der Waals surface area contributed by atoms with Crippen molar-refractivity contribution in [3.8, 4) is 0 Å². The highest BCUT2D eigenvalue weighted by Gasteiger charge is 2.06. The molecule has 1 heterocycles. The maximum Gasteiger partial charge on any atom is 0.356 e. The summed E-state index contributed by atoms with van der Waals surface area (Å²) in [6.45, 7) is 1.61. The molecule has 1 aromatic heterocycles. The van der Waals surface area contributed by atoms with Gasteiger partial charge in [-0.25, -0.2) is 9.78 Å². The molecule has 0 radical (unpaired) electrons. The van der Waals surface area contributed by atoms with E-state index in [1.807, 2.05) is 6.07 Å². The largest absolute Gasteiger partial charge is 0.464 e. The van der Waals surface area contributed by atoms with E-state index in [2.05, 4.69) is 15.0 Å². The molecule has 0 saturated carbocycles. The van der Waals surface area contributed by atoms with Crippen LogP contribution in [0, 0.1) is 0 Å². The Morgan fingerprint density at radius 2 is 2.24 bits per heavy atom. The number of rotatable bonds is 7. The minimum absolute atomic E-state index is 0.314. The highest BCUT2D eigenvalue weighted by molar-refractivity contribution is 5.88. The number of esters is 1. The maximum absolute atomic E-state index is 11.3. The third-order valence-corrected chi connectivity index (χ3v) is 2.26. The van der Waals surface area contributed by atoms with Gasteiger partial charge in [-0.1, -0.05) is 0 Å². The number of aromatic nitrogens is 1. The number of anilines is 1. The van der Waals surface area contributed by atoms with Crippen molar-refractivity contribution in [3.05, 3.63) is 24.0 Å². The first-order valence-electron chi connectivity index (χ1n) is 5.55. The highest BCUT2D eigenvalue weighted by Crippen LogP contribution is 2.09. The van der Waals surface area contributed by atoms with E-state index in [0.717, 1.165) is 31.7 Å². The molecule has 5 heteroatoms. The average Bonchev–Trinajstić information content (AvgIpc) is 2.38. The molecule has 0 amide bonds. The molecule has 17 heavy (non-hydrogen) atoms. The van der Waals surface area contributed by atoms with Gasteiger partial charge in [-0.3, -0.25) is 0 Å². The number of nitrogens with zero attached hydrogens (tertiary/aromatic N) is 1. The van der Waals surface area contributed by atoms with Gasteiger partial charge in [-0.15, -0.1) is 0 Å². The standard InChI is InChI=1S/C12H18N2O3/c1-16-8-4-3-6-13-10-5-7-14-11(9-10)12(15)17-2/h5,7,9H,3-4,6,8H2,1-2H3,(H,13,14). The summed E-state index contributed by atoms with van der Waals surface area (Å²) in [6.07, 6.45) is 3.62. The van der Waals surface area contributed by atoms with Crippen LogP contribution in [0.15, 0.2) is 18.3 Å². The topological polar surface area (TPSA) is 60.5 Å². The second-order valence-electron chi connectivity index (χ2n) is 3.55. The Morgan fingerprint density at radius 1 is 1.41 bits per heavy atom. The third kappa shape index (κ3) is 4.82. The van der Waals surface area contributed by atoms with Crippen LogP contribution in [0.25, 0.3) is 0 Å². The van der Waals surface area contributed by atoms with E-state index in [1.165, 1.54) is 7.11 Å². The molecule has 0 aliphatic heterocycles. The lowest BCUT2D eigenvalue weighted by Crippen LogP contribution is -2.07. The fourth-order valence-corrected chi connectivity index (χ4v) is 1.36. The van der Waals surface area contributed by atoms with Gasteiger partial charge in [0.25, 0.3) is 0 Å². The Hall–Kier alpha value is -1.62. The van der Waals surface area contributed by atoms with Gasteiger partial charge in [0.05, 0.1) is 7.11 Å². The zero-order valence-corrected chi connectivity index (χ0v) is 10.2. The van der Waals surface area contributed by atoms with E-state index in [9.17, 15) is 4.79 Å². The zero-order valence-electron chi connectivity index (χ0n) is 10.2. The Morgan fingerprint density at radius 3 is 2.94 bits per heavy atom. The molecule has 0 aliphatic rings. The molecule has 0 aromatic carbocycles. The first-order chi connectivity index (χ1) is 8.27. The number of ether oxygens (including phenoxy) is 2. The molecular formula is C12H18N2O3. The number of methoxy groups -OCH3 is 2. The fraction of sp³-hybridized carbons (Fsp3) is 0.500. The van der Waals surface area contributed by atoms with E-state index in [0.29, 0.717) is 5.69 Å². The Bertz CT molecular complexity index is 355. The van der Waals surface area contributed by atoms with Crippen molar-refractivity contribution < 1.29 is 14.3 Å². The number of unbranched alkanes of at least 4 members (excludes halogenated alkanes) is 1. The number of pyridine rings is 1. The Labute approximate surface area is 101 Å². The molecule has 0 aliphatic carbocycles. The van der Waals surface area contributed by atoms with Gasteiger partial charge in [0.2, 0.25) is 0 Å². The maximum atomic E-state index is 11.3. The monoisotopic (exact) mass is 238 g/mol. The van der Waals surface area contributed by atoms with Crippen molar-refractivity contribution in [2.24, 2.45) is 0 Å². The molecule has 1 rings (SSSR count). The van der Waals surface area contributed by atoms with Crippen molar-refractivity contribution in [2.45, 2.75) is 12.8 Å². The summed E-state index contributed by atoms with van der Waals surface area (Å²) in [5, 5.41) is 3.22. The van der Waals surface area contributed by atoms with E-state index >= 15 is 0 Å². The van der Waals surface area contributed by atoms with Gasteiger partial charge in [0.1, 0.15) is 5.69 Å². The van der Waals surface area contributed by atoms with Gasteiger partial charge in [-0.05, 0) is 25.0 Å². The summed E-state index contributed by atoms with van der Waals surface area (Å²) in [6, 6.07) is 3.50. The molecule has 1 aromatic rings. The van der Waals surface area contributed by atoms with Crippen LogP contribution in [0.2, 0.25) is 0 Å². The van der Waals surface area contributed by atoms with Crippen LogP contribution in [-0.2, 0) is 9.47 Å². The van der Waals surface area contributed by atoms with E-state index in [-0.39, 0.29) is 0 Å². The van der Waals surface area contributed by atoms with Gasteiger partial charge in [-0.2, -0.15) is 0 Å². The summed E-state index contributed by atoms with van der Waals surface area (Å²) in [7, 11) is 3.04. The van der Waals surface area contributed by atoms with E-state index in [4.69, 9.17) is 4.74 Å². The number of nitrogens with one attached hydrogen (secondary N) is 1. The number of carbonyl (C=O) groups is 1. The Kier molecular flexibility index (Phi) is 6.03. The fourth-order valence-electron chi connectivity index (χ4n) is 1.36. The first-order valence-corrected chi connectivity index (χ1v) is 5.55. The van der Waals surface area contributed by atoms with Gasteiger partial charge >= 0.3 is 5.97 Å². The highest BCUT2D eigenvalue weighted by atomic mass is 16.5. The van der Waals surface area contributed by atoms with Crippen LogP contribution in [0.1, 0.15) is 23.3 Å². The van der Waals surface area contributed by atoms with Crippen molar-refractivity contribution in [1.82, 2.24) is 4.98 Å². The third-order valence-electron chi connectivity index (χ3n) is 2.26. The number of hydrogen-bond donors (Lipinski definition) is 1. The predicted octanol–water partition coefficient (Wildman–Crippen LogP) is 1.71. The molecule has 1 N–H and O–H groups in total. The van der Waals surface area contributed by atoms with Crippen LogP contribution < -0.4 is 5.32 Å². The quantitative estimate of drug-likeness (QED) is 0.578. The Balaban J connectivity index is 2.40. The second-order valence-corrected chi connectivity index (χ2v) is 3.55. The van der Waals surface area contributed by atoms with Gasteiger partial charge in [0, 0.05) is 32.1 Å². The van der Waals surface area contributed by atoms with Crippen molar-refractivity contribution in [3.63, 3.8) is 0 Å². The summed E-state index contributed by atoms with van der Waals surface area (Å²) in [4.78, 5) is 15.2.